The normalized spacial score (nSPS) is 15.6. The number of nitrogens with one attached hydrogen (secondary N) is 1. The van der Waals surface area contributed by atoms with Gasteiger partial charge in [0.2, 0.25) is 0 Å². The molecule has 0 aliphatic rings. The fourth-order valence-electron chi connectivity index (χ4n) is 2.04. The second-order valence-electron chi connectivity index (χ2n) is 4.09. The zero-order valence-corrected chi connectivity index (χ0v) is 10.8. The Morgan fingerprint density at radius 3 is 2.00 bits per heavy atom. The highest BCUT2D eigenvalue weighted by Crippen LogP contribution is 2.18. The van der Waals surface area contributed by atoms with Crippen molar-refractivity contribution in [2.45, 2.75) is 65.5 Å². The number of hydrogen-bond acceptors (Lipinski definition) is 3. The maximum absolute atomic E-state index is 5.69. The Balaban J connectivity index is 4.17. The third-order valence-electron chi connectivity index (χ3n) is 3.19. The highest BCUT2D eigenvalue weighted by Gasteiger charge is 2.21. The summed E-state index contributed by atoms with van der Waals surface area (Å²) in [5.41, 5.74) is 2.91. The molecule has 0 aliphatic carbocycles. The molecule has 0 aliphatic heterocycles. The van der Waals surface area contributed by atoms with E-state index in [9.17, 15) is 0 Å². The summed E-state index contributed by atoms with van der Waals surface area (Å²) in [5.74, 6) is 6.36. The minimum atomic E-state index is 0.251. The zero-order chi connectivity index (χ0) is 11.7. The van der Waals surface area contributed by atoms with Crippen LogP contribution in [0.15, 0.2) is 0 Å². The molecule has 0 saturated carbocycles. The molecule has 0 bridgehead atoms. The van der Waals surface area contributed by atoms with Crippen molar-refractivity contribution in [3.63, 3.8) is 0 Å². The van der Waals surface area contributed by atoms with Gasteiger partial charge in [0.1, 0.15) is 0 Å². The highest BCUT2D eigenvalue weighted by molar-refractivity contribution is 4.77. The minimum absolute atomic E-state index is 0.251. The predicted molar refractivity (Wildman–Crippen MR) is 65.5 cm³/mol. The molecular weight excluding hydrogens is 188 g/mol. The summed E-state index contributed by atoms with van der Waals surface area (Å²) >= 11 is 0. The average Bonchev–Trinajstić information content (AvgIpc) is 2.28. The van der Waals surface area contributed by atoms with E-state index in [0.717, 1.165) is 25.4 Å². The summed E-state index contributed by atoms with van der Waals surface area (Å²) in [6.45, 7) is 9.43. The van der Waals surface area contributed by atoms with Crippen molar-refractivity contribution in [1.82, 2.24) is 5.43 Å². The van der Waals surface area contributed by atoms with E-state index in [1.807, 2.05) is 6.92 Å². The highest BCUT2D eigenvalue weighted by atomic mass is 16.5. The van der Waals surface area contributed by atoms with Crippen LogP contribution in [-0.4, -0.2) is 18.8 Å². The van der Waals surface area contributed by atoms with Crippen LogP contribution < -0.4 is 11.3 Å². The predicted octanol–water partition coefficient (Wildman–Crippen LogP) is 2.46. The van der Waals surface area contributed by atoms with E-state index >= 15 is 0 Å². The monoisotopic (exact) mass is 216 g/mol. The van der Waals surface area contributed by atoms with Gasteiger partial charge < -0.3 is 4.74 Å². The molecule has 3 heteroatoms. The molecule has 0 saturated heterocycles. The molecule has 15 heavy (non-hydrogen) atoms. The molecule has 0 amide bonds. The van der Waals surface area contributed by atoms with E-state index in [4.69, 9.17) is 10.6 Å². The van der Waals surface area contributed by atoms with Crippen LogP contribution in [-0.2, 0) is 4.74 Å². The van der Waals surface area contributed by atoms with E-state index in [1.165, 1.54) is 12.8 Å². The van der Waals surface area contributed by atoms with Crippen molar-refractivity contribution < 1.29 is 4.74 Å². The van der Waals surface area contributed by atoms with Gasteiger partial charge in [-0.2, -0.15) is 0 Å². The van der Waals surface area contributed by atoms with Gasteiger partial charge in [0, 0.05) is 12.6 Å². The average molecular weight is 216 g/mol. The van der Waals surface area contributed by atoms with Gasteiger partial charge in [-0.05, 0) is 25.7 Å². The third-order valence-corrected chi connectivity index (χ3v) is 3.19. The standard InChI is InChI=1S/C12H28N2O/c1-5-10(6-2)9-11(14-13)12(7-3)15-8-4/h10-12,14H,5-9,13H2,1-4H3. The molecule has 0 aromatic heterocycles. The van der Waals surface area contributed by atoms with Crippen molar-refractivity contribution in [2.24, 2.45) is 11.8 Å². The molecule has 0 aromatic carbocycles. The molecule has 92 valence electrons. The summed E-state index contributed by atoms with van der Waals surface area (Å²) in [6, 6.07) is 0.292. The van der Waals surface area contributed by atoms with Gasteiger partial charge in [-0.1, -0.05) is 33.6 Å². The zero-order valence-electron chi connectivity index (χ0n) is 10.8. The second-order valence-corrected chi connectivity index (χ2v) is 4.09. The smallest absolute Gasteiger partial charge is 0.0738 e. The summed E-state index contributed by atoms with van der Waals surface area (Å²) in [7, 11) is 0. The van der Waals surface area contributed by atoms with Gasteiger partial charge in [-0.3, -0.25) is 11.3 Å². The van der Waals surface area contributed by atoms with E-state index in [2.05, 4.69) is 26.2 Å². The Labute approximate surface area is 94.7 Å². The van der Waals surface area contributed by atoms with Gasteiger partial charge in [0.05, 0.1) is 6.10 Å². The maximum Gasteiger partial charge on any atom is 0.0738 e. The van der Waals surface area contributed by atoms with Gasteiger partial charge >= 0.3 is 0 Å². The number of hydrogen-bond donors (Lipinski definition) is 2. The summed E-state index contributed by atoms with van der Waals surface area (Å²) < 4.78 is 5.69. The number of nitrogens with two attached hydrogens (primary N) is 1. The molecule has 3 nitrogen and oxygen atoms in total. The van der Waals surface area contributed by atoms with E-state index in [1.54, 1.807) is 0 Å². The fraction of sp³-hybridized carbons (Fsp3) is 1.00. The van der Waals surface area contributed by atoms with Gasteiger partial charge in [0.25, 0.3) is 0 Å². The first-order chi connectivity index (χ1) is 7.23. The van der Waals surface area contributed by atoms with Crippen molar-refractivity contribution >= 4 is 0 Å². The Hall–Kier alpha value is -0.120. The van der Waals surface area contributed by atoms with Crippen LogP contribution in [0.3, 0.4) is 0 Å². The van der Waals surface area contributed by atoms with Crippen LogP contribution in [0.5, 0.6) is 0 Å². The second kappa shape index (κ2) is 9.13. The molecule has 0 aromatic rings. The Morgan fingerprint density at radius 2 is 1.67 bits per heavy atom. The maximum atomic E-state index is 5.69. The van der Waals surface area contributed by atoms with Gasteiger partial charge in [-0.15, -0.1) is 0 Å². The van der Waals surface area contributed by atoms with Crippen LogP contribution in [0.4, 0.5) is 0 Å². The first-order valence-corrected chi connectivity index (χ1v) is 6.30. The van der Waals surface area contributed by atoms with E-state index in [0.29, 0.717) is 6.04 Å². The van der Waals surface area contributed by atoms with Crippen LogP contribution in [0.25, 0.3) is 0 Å². The molecule has 2 unspecified atom stereocenters. The van der Waals surface area contributed by atoms with Crippen molar-refractivity contribution in [2.75, 3.05) is 6.61 Å². The lowest BCUT2D eigenvalue weighted by Crippen LogP contribution is -2.46. The first-order valence-electron chi connectivity index (χ1n) is 6.30. The lowest BCUT2D eigenvalue weighted by molar-refractivity contribution is 0.0248. The number of hydrazine groups is 1. The minimum Gasteiger partial charge on any atom is -0.377 e. The number of rotatable bonds is 9. The fourth-order valence-corrected chi connectivity index (χ4v) is 2.04. The van der Waals surface area contributed by atoms with Crippen molar-refractivity contribution in [3.05, 3.63) is 0 Å². The molecular formula is C12H28N2O. The van der Waals surface area contributed by atoms with Crippen molar-refractivity contribution in [1.29, 1.82) is 0 Å². The molecule has 0 rings (SSSR count). The summed E-state index contributed by atoms with van der Waals surface area (Å²) in [5, 5.41) is 0. The van der Waals surface area contributed by atoms with Crippen LogP contribution in [0, 0.1) is 5.92 Å². The van der Waals surface area contributed by atoms with E-state index < -0.39 is 0 Å². The molecule has 0 fully saturated rings. The molecule has 0 heterocycles. The topological polar surface area (TPSA) is 47.3 Å². The Bertz CT molecular complexity index is 138. The molecule has 3 N–H and O–H groups in total. The van der Waals surface area contributed by atoms with Crippen LogP contribution >= 0.6 is 0 Å². The number of ether oxygens (including phenoxy) is 1. The van der Waals surface area contributed by atoms with Crippen LogP contribution in [0.1, 0.15) is 53.4 Å². The van der Waals surface area contributed by atoms with Crippen LogP contribution in [0.2, 0.25) is 0 Å². The molecule has 0 radical (unpaired) electrons. The Morgan fingerprint density at radius 1 is 1.07 bits per heavy atom. The first kappa shape index (κ1) is 14.9. The largest absolute Gasteiger partial charge is 0.377 e. The van der Waals surface area contributed by atoms with Gasteiger partial charge in [0.15, 0.2) is 0 Å². The van der Waals surface area contributed by atoms with Crippen molar-refractivity contribution in [3.8, 4) is 0 Å². The van der Waals surface area contributed by atoms with Gasteiger partial charge in [-0.25, -0.2) is 0 Å². The summed E-state index contributed by atoms with van der Waals surface area (Å²) in [4.78, 5) is 0. The quantitative estimate of drug-likeness (QED) is 0.460. The lowest BCUT2D eigenvalue weighted by atomic mass is 9.92. The van der Waals surface area contributed by atoms with E-state index in [-0.39, 0.29) is 6.10 Å². The molecule has 0 spiro atoms. The SMILES string of the molecule is CCOC(CC)C(CC(CC)CC)NN. The third kappa shape index (κ3) is 5.50. The Kier molecular flexibility index (Phi) is 9.06. The summed E-state index contributed by atoms with van der Waals surface area (Å²) in [6.07, 6.45) is 4.82. The lowest BCUT2D eigenvalue weighted by Gasteiger charge is -2.28. The molecule has 2 atom stereocenters.